The summed E-state index contributed by atoms with van der Waals surface area (Å²) in [6.45, 7) is 1.96. The Morgan fingerprint density at radius 1 is 0.711 bits per heavy atom. The monoisotopic (exact) mass is 496 g/mol. The standard InChI is InChI=1S/C34H25FN2O/c1-24-19-32-33(21-30(24)29-18-17-25(22-38)20-31(29)35)37(23-36-32)34(26-11-5-2-6-12-26,27-13-7-3-8-14-27)28-15-9-4-10-16-28/h2-23H,1H3. The van der Waals surface area contributed by atoms with E-state index < -0.39 is 11.4 Å². The lowest BCUT2D eigenvalue weighted by atomic mass is 9.76. The third kappa shape index (κ3) is 3.73. The molecule has 0 bridgehead atoms. The van der Waals surface area contributed by atoms with Crippen LogP contribution < -0.4 is 0 Å². The molecule has 6 rings (SSSR count). The van der Waals surface area contributed by atoms with Crippen LogP contribution in [0, 0.1) is 12.7 Å². The van der Waals surface area contributed by atoms with Crippen LogP contribution in [-0.2, 0) is 5.54 Å². The molecule has 0 aliphatic heterocycles. The SMILES string of the molecule is Cc1cc2ncn(C(c3ccccc3)(c3ccccc3)c3ccccc3)c2cc1-c1ccc(C=O)cc1F. The number of fused-ring (bicyclic) bond motifs is 1. The quantitative estimate of drug-likeness (QED) is 0.174. The second-order valence-electron chi connectivity index (χ2n) is 9.44. The molecule has 1 aromatic heterocycles. The second-order valence-corrected chi connectivity index (χ2v) is 9.44. The summed E-state index contributed by atoms with van der Waals surface area (Å²) in [5.41, 5.74) is 6.65. The summed E-state index contributed by atoms with van der Waals surface area (Å²) in [5, 5.41) is 0. The van der Waals surface area contributed by atoms with Crippen molar-refractivity contribution in [3.05, 3.63) is 161 Å². The number of aryl methyl sites for hydroxylation is 1. The average molecular weight is 497 g/mol. The fraction of sp³-hybridized carbons (Fsp3) is 0.0588. The highest BCUT2D eigenvalue weighted by Crippen LogP contribution is 2.43. The molecule has 0 spiro atoms. The van der Waals surface area contributed by atoms with Crippen molar-refractivity contribution in [1.29, 1.82) is 0 Å². The summed E-state index contributed by atoms with van der Waals surface area (Å²) >= 11 is 0. The molecule has 0 N–H and O–H groups in total. The van der Waals surface area contributed by atoms with E-state index in [1.165, 1.54) is 6.07 Å². The van der Waals surface area contributed by atoms with E-state index in [-0.39, 0.29) is 0 Å². The van der Waals surface area contributed by atoms with Crippen LogP contribution in [0.2, 0.25) is 0 Å². The number of nitrogens with zero attached hydrogens (tertiary/aromatic N) is 2. The first-order valence-electron chi connectivity index (χ1n) is 12.5. The number of halogens is 1. The second kappa shape index (κ2) is 9.56. The third-order valence-electron chi connectivity index (χ3n) is 7.25. The van der Waals surface area contributed by atoms with Gasteiger partial charge in [-0.2, -0.15) is 0 Å². The van der Waals surface area contributed by atoms with Gasteiger partial charge in [0, 0.05) is 11.1 Å². The summed E-state index contributed by atoms with van der Waals surface area (Å²) in [7, 11) is 0. The molecule has 38 heavy (non-hydrogen) atoms. The lowest BCUT2D eigenvalue weighted by Crippen LogP contribution is -2.37. The summed E-state index contributed by atoms with van der Waals surface area (Å²) in [6.07, 6.45) is 2.54. The fourth-order valence-corrected chi connectivity index (χ4v) is 5.50. The molecule has 0 atom stereocenters. The Morgan fingerprint density at radius 2 is 1.26 bits per heavy atom. The molecule has 4 heteroatoms. The minimum Gasteiger partial charge on any atom is -0.312 e. The van der Waals surface area contributed by atoms with Crippen LogP contribution in [-0.4, -0.2) is 15.8 Å². The smallest absolute Gasteiger partial charge is 0.150 e. The maximum atomic E-state index is 15.2. The minimum absolute atomic E-state index is 0.311. The molecule has 0 amide bonds. The maximum Gasteiger partial charge on any atom is 0.150 e. The number of rotatable bonds is 6. The van der Waals surface area contributed by atoms with Gasteiger partial charge in [0.1, 0.15) is 17.6 Å². The number of imidazole rings is 1. The normalized spacial score (nSPS) is 11.5. The van der Waals surface area contributed by atoms with E-state index in [1.54, 1.807) is 12.1 Å². The van der Waals surface area contributed by atoms with Crippen LogP contribution in [0.5, 0.6) is 0 Å². The zero-order valence-corrected chi connectivity index (χ0v) is 20.9. The zero-order chi connectivity index (χ0) is 26.1. The van der Waals surface area contributed by atoms with Crippen LogP contribution in [0.25, 0.3) is 22.2 Å². The molecule has 3 nitrogen and oxygen atoms in total. The summed E-state index contributed by atoms with van der Waals surface area (Å²) < 4.78 is 17.4. The molecule has 5 aromatic carbocycles. The molecule has 0 saturated heterocycles. The van der Waals surface area contributed by atoms with Crippen LogP contribution in [0.1, 0.15) is 32.6 Å². The van der Waals surface area contributed by atoms with E-state index in [9.17, 15) is 4.79 Å². The number of hydrogen-bond acceptors (Lipinski definition) is 2. The van der Waals surface area contributed by atoms with Crippen molar-refractivity contribution < 1.29 is 9.18 Å². The Hall–Kier alpha value is -4.83. The van der Waals surface area contributed by atoms with Crippen LogP contribution in [0.4, 0.5) is 4.39 Å². The topological polar surface area (TPSA) is 34.9 Å². The van der Waals surface area contributed by atoms with Crippen LogP contribution >= 0.6 is 0 Å². The van der Waals surface area contributed by atoms with E-state index in [1.807, 2.05) is 43.6 Å². The molecule has 0 radical (unpaired) electrons. The Morgan fingerprint density at radius 3 is 1.76 bits per heavy atom. The number of benzene rings is 5. The van der Waals surface area contributed by atoms with Crippen molar-refractivity contribution in [3.8, 4) is 11.1 Å². The first kappa shape index (κ1) is 23.6. The first-order valence-corrected chi connectivity index (χ1v) is 12.5. The highest BCUT2D eigenvalue weighted by Gasteiger charge is 2.39. The molecule has 0 saturated carbocycles. The number of hydrogen-bond donors (Lipinski definition) is 0. The molecular formula is C34H25FN2O. The average Bonchev–Trinajstić information content (AvgIpc) is 3.37. The van der Waals surface area contributed by atoms with E-state index in [2.05, 4.69) is 77.4 Å². The van der Waals surface area contributed by atoms with E-state index >= 15 is 4.39 Å². The van der Waals surface area contributed by atoms with Gasteiger partial charge in [0.05, 0.1) is 17.4 Å². The molecule has 0 aliphatic carbocycles. The maximum absolute atomic E-state index is 15.2. The lowest BCUT2D eigenvalue weighted by Gasteiger charge is -2.38. The van der Waals surface area contributed by atoms with Gasteiger partial charge in [-0.05, 0) is 52.9 Å². The molecule has 6 aromatic rings. The van der Waals surface area contributed by atoms with Crippen molar-refractivity contribution in [2.45, 2.75) is 12.5 Å². The minimum atomic E-state index is -0.731. The van der Waals surface area contributed by atoms with Gasteiger partial charge in [-0.3, -0.25) is 4.79 Å². The van der Waals surface area contributed by atoms with Gasteiger partial charge in [0.2, 0.25) is 0 Å². The van der Waals surface area contributed by atoms with Gasteiger partial charge >= 0.3 is 0 Å². The number of carbonyl (C=O) groups excluding carboxylic acids is 1. The van der Waals surface area contributed by atoms with E-state index in [0.717, 1.165) is 38.9 Å². The van der Waals surface area contributed by atoms with E-state index in [4.69, 9.17) is 4.98 Å². The molecule has 0 aliphatic rings. The number of carbonyl (C=O) groups is 1. The van der Waals surface area contributed by atoms with Crippen molar-refractivity contribution in [3.63, 3.8) is 0 Å². The predicted octanol–water partition coefficient (Wildman–Crippen LogP) is 7.80. The Labute approximate surface area is 220 Å². The van der Waals surface area contributed by atoms with Crippen molar-refractivity contribution in [2.75, 3.05) is 0 Å². The predicted molar refractivity (Wildman–Crippen MR) is 150 cm³/mol. The summed E-state index contributed by atoms with van der Waals surface area (Å²) in [5.74, 6) is -0.427. The largest absolute Gasteiger partial charge is 0.312 e. The van der Waals surface area contributed by atoms with Gasteiger partial charge in [-0.1, -0.05) is 103 Å². The van der Waals surface area contributed by atoms with Gasteiger partial charge in [-0.15, -0.1) is 0 Å². The lowest BCUT2D eigenvalue weighted by molar-refractivity contribution is 0.112. The van der Waals surface area contributed by atoms with Gasteiger partial charge in [0.15, 0.2) is 0 Å². The summed E-state index contributed by atoms with van der Waals surface area (Å²) in [6, 6.07) is 39.8. The Bertz CT molecular complexity index is 1650. The van der Waals surface area contributed by atoms with Crippen molar-refractivity contribution in [1.82, 2.24) is 9.55 Å². The van der Waals surface area contributed by atoms with Crippen molar-refractivity contribution >= 4 is 17.3 Å². The highest BCUT2D eigenvalue weighted by atomic mass is 19.1. The number of aromatic nitrogens is 2. The third-order valence-corrected chi connectivity index (χ3v) is 7.25. The van der Waals surface area contributed by atoms with Crippen LogP contribution in [0.15, 0.2) is 128 Å². The first-order chi connectivity index (χ1) is 18.6. The van der Waals surface area contributed by atoms with Crippen molar-refractivity contribution in [2.24, 2.45) is 0 Å². The van der Waals surface area contributed by atoms with Crippen LogP contribution in [0.3, 0.4) is 0 Å². The molecule has 0 fully saturated rings. The fourth-order valence-electron chi connectivity index (χ4n) is 5.50. The van der Waals surface area contributed by atoms with Gasteiger partial charge < -0.3 is 4.57 Å². The zero-order valence-electron chi connectivity index (χ0n) is 20.9. The molecule has 1 heterocycles. The van der Waals surface area contributed by atoms with Gasteiger partial charge in [-0.25, -0.2) is 9.37 Å². The van der Waals surface area contributed by atoms with E-state index in [0.29, 0.717) is 17.4 Å². The molecule has 184 valence electrons. The molecular weight excluding hydrogens is 471 g/mol. The Kier molecular flexibility index (Phi) is 5.93. The Balaban J connectivity index is 1.71. The highest BCUT2D eigenvalue weighted by molar-refractivity contribution is 5.86. The summed E-state index contributed by atoms with van der Waals surface area (Å²) in [4.78, 5) is 16.0. The van der Waals surface area contributed by atoms with Gasteiger partial charge in [0.25, 0.3) is 0 Å². The number of aldehydes is 1. The molecule has 0 unspecified atom stereocenters.